The van der Waals surface area contributed by atoms with Crippen molar-refractivity contribution in [2.75, 3.05) is 0 Å². The molecule has 1 saturated carbocycles. The molecule has 1 fully saturated rings. The van der Waals surface area contributed by atoms with Crippen molar-refractivity contribution in [3.63, 3.8) is 0 Å². The van der Waals surface area contributed by atoms with Gasteiger partial charge in [-0.2, -0.15) is 0 Å². The van der Waals surface area contributed by atoms with Crippen LogP contribution in [0.5, 0.6) is 0 Å². The fraction of sp³-hybridized carbons (Fsp3) is 0.583. The third-order valence-corrected chi connectivity index (χ3v) is 5.43. The van der Waals surface area contributed by atoms with E-state index in [4.69, 9.17) is 0 Å². The Bertz CT molecular complexity index is 378. The molecular weight excluding hydrogens is 286 g/mol. The maximum Gasteiger partial charge on any atom is 0.261 e. The van der Waals surface area contributed by atoms with Gasteiger partial charge in [-0.05, 0) is 60.2 Å². The first kappa shape index (κ1) is 12.1. The Balaban J connectivity index is 1.96. The van der Waals surface area contributed by atoms with Crippen molar-refractivity contribution in [2.45, 2.75) is 39.2 Å². The summed E-state index contributed by atoms with van der Waals surface area (Å²) in [6.07, 6.45) is 3.83. The molecule has 1 N–H and O–H groups in total. The van der Waals surface area contributed by atoms with E-state index in [1.807, 2.05) is 13.0 Å². The standard InChI is InChI=1S/C12H16BrNOS/c1-7-6-10(16-11(7)13)12(15)14-8(2)9-4-3-5-9/h6,8-9H,3-5H2,1-2H3,(H,14,15). The van der Waals surface area contributed by atoms with E-state index in [0.29, 0.717) is 12.0 Å². The highest BCUT2D eigenvalue weighted by atomic mass is 79.9. The normalized spacial score (nSPS) is 17.9. The second-order valence-corrected chi connectivity index (χ2v) is 6.89. The molecule has 16 heavy (non-hydrogen) atoms. The van der Waals surface area contributed by atoms with Crippen LogP contribution in [0.1, 0.15) is 41.4 Å². The van der Waals surface area contributed by atoms with E-state index in [2.05, 4.69) is 28.2 Å². The summed E-state index contributed by atoms with van der Waals surface area (Å²) < 4.78 is 1.05. The summed E-state index contributed by atoms with van der Waals surface area (Å²) >= 11 is 4.95. The average Bonchev–Trinajstić information content (AvgIpc) is 2.43. The van der Waals surface area contributed by atoms with Crippen LogP contribution in [0.4, 0.5) is 0 Å². The molecule has 4 heteroatoms. The molecular formula is C12H16BrNOS. The van der Waals surface area contributed by atoms with E-state index >= 15 is 0 Å². The summed E-state index contributed by atoms with van der Waals surface area (Å²) in [5, 5.41) is 3.09. The molecule has 1 amide bonds. The number of halogens is 1. The van der Waals surface area contributed by atoms with Gasteiger partial charge in [-0.15, -0.1) is 11.3 Å². The van der Waals surface area contributed by atoms with Crippen molar-refractivity contribution in [1.29, 1.82) is 0 Å². The number of hydrogen-bond donors (Lipinski definition) is 1. The van der Waals surface area contributed by atoms with Crippen LogP contribution >= 0.6 is 27.3 Å². The number of aryl methyl sites for hydroxylation is 1. The van der Waals surface area contributed by atoms with Crippen molar-refractivity contribution in [2.24, 2.45) is 5.92 Å². The van der Waals surface area contributed by atoms with Crippen LogP contribution in [0.25, 0.3) is 0 Å². The van der Waals surface area contributed by atoms with Crippen LogP contribution in [-0.2, 0) is 0 Å². The lowest BCUT2D eigenvalue weighted by molar-refractivity contribution is 0.0913. The third kappa shape index (κ3) is 2.48. The summed E-state index contributed by atoms with van der Waals surface area (Å²) in [5.41, 5.74) is 1.13. The van der Waals surface area contributed by atoms with Crippen molar-refractivity contribution < 1.29 is 4.79 Å². The van der Waals surface area contributed by atoms with Crippen LogP contribution in [0.3, 0.4) is 0 Å². The van der Waals surface area contributed by atoms with Crippen LogP contribution in [0, 0.1) is 12.8 Å². The summed E-state index contributed by atoms with van der Waals surface area (Å²) in [4.78, 5) is 12.7. The Hall–Kier alpha value is -0.350. The molecule has 1 unspecified atom stereocenters. The zero-order valence-corrected chi connectivity index (χ0v) is 12.0. The summed E-state index contributed by atoms with van der Waals surface area (Å²) in [6.45, 7) is 4.12. The van der Waals surface area contributed by atoms with Gasteiger partial charge in [0.15, 0.2) is 0 Å². The van der Waals surface area contributed by atoms with Gasteiger partial charge in [0.25, 0.3) is 5.91 Å². The van der Waals surface area contributed by atoms with E-state index in [0.717, 1.165) is 14.2 Å². The van der Waals surface area contributed by atoms with Crippen molar-refractivity contribution in [3.8, 4) is 0 Å². The molecule has 0 saturated heterocycles. The Morgan fingerprint density at radius 2 is 2.31 bits per heavy atom. The molecule has 1 heterocycles. The minimum absolute atomic E-state index is 0.0678. The zero-order chi connectivity index (χ0) is 11.7. The molecule has 2 nitrogen and oxygen atoms in total. The van der Waals surface area contributed by atoms with Crippen molar-refractivity contribution >= 4 is 33.2 Å². The highest BCUT2D eigenvalue weighted by molar-refractivity contribution is 9.11. The molecule has 1 aliphatic carbocycles. The minimum Gasteiger partial charge on any atom is -0.349 e. The first-order chi connectivity index (χ1) is 7.58. The smallest absolute Gasteiger partial charge is 0.261 e. The lowest BCUT2D eigenvalue weighted by atomic mass is 9.80. The second-order valence-electron chi connectivity index (χ2n) is 4.52. The first-order valence-corrected chi connectivity index (χ1v) is 7.25. The molecule has 2 rings (SSSR count). The van der Waals surface area contributed by atoms with Gasteiger partial charge < -0.3 is 5.32 Å². The number of carbonyl (C=O) groups is 1. The molecule has 1 aliphatic rings. The Morgan fingerprint density at radius 1 is 1.62 bits per heavy atom. The van der Waals surface area contributed by atoms with Gasteiger partial charge in [-0.3, -0.25) is 4.79 Å². The Kier molecular flexibility index (Phi) is 3.70. The zero-order valence-electron chi connectivity index (χ0n) is 9.55. The number of amides is 1. The quantitative estimate of drug-likeness (QED) is 0.905. The van der Waals surface area contributed by atoms with Gasteiger partial charge in [0, 0.05) is 6.04 Å². The number of hydrogen-bond acceptors (Lipinski definition) is 2. The van der Waals surface area contributed by atoms with Gasteiger partial charge in [0.05, 0.1) is 8.66 Å². The molecule has 0 spiro atoms. The molecule has 88 valence electrons. The summed E-state index contributed by atoms with van der Waals surface area (Å²) in [5.74, 6) is 0.756. The fourth-order valence-electron chi connectivity index (χ4n) is 1.91. The lowest BCUT2D eigenvalue weighted by Crippen LogP contribution is -2.40. The van der Waals surface area contributed by atoms with Crippen molar-refractivity contribution in [1.82, 2.24) is 5.32 Å². The molecule has 0 radical (unpaired) electrons. The molecule has 0 aromatic carbocycles. The Labute approximate surface area is 109 Å². The predicted molar refractivity (Wildman–Crippen MR) is 71.0 cm³/mol. The Morgan fingerprint density at radius 3 is 2.75 bits per heavy atom. The van der Waals surface area contributed by atoms with Crippen LogP contribution < -0.4 is 5.32 Å². The van der Waals surface area contributed by atoms with Gasteiger partial charge in [-0.1, -0.05) is 6.42 Å². The largest absolute Gasteiger partial charge is 0.349 e. The third-order valence-electron chi connectivity index (χ3n) is 3.30. The molecule has 0 aliphatic heterocycles. The van der Waals surface area contributed by atoms with Crippen LogP contribution in [0.2, 0.25) is 0 Å². The van der Waals surface area contributed by atoms with E-state index < -0.39 is 0 Å². The number of nitrogens with one attached hydrogen (secondary N) is 1. The van der Waals surface area contributed by atoms with E-state index in [1.165, 1.54) is 30.6 Å². The fourth-order valence-corrected chi connectivity index (χ4v) is 3.35. The molecule has 1 aromatic heterocycles. The van der Waals surface area contributed by atoms with Gasteiger partial charge in [-0.25, -0.2) is 0 Å². The maximum absolute atomic E-state index is 11.9. The SMILES string of the molecule is Cc1cc(C(=O)NC(C)C2CCC2)sc1Br. The predicted octanol–water partition coefficient (Wildman–Crippen LogP) is 3.74. The first-order valence-electron chi connectivity index (χ1n) is 5.64. The molecule has 0 bridgehead atoms. The second kappa shape index (κ2) is 4.88. The monoisotopic (exact) mass is 301 g/mol. The highest BCUT2D eigenvalue weighted by Crippen LogP contribution is 2.30. The molecule has 1 atom stereocenters. The van der Waals surface area contributed by atoms with E-state index in [9.17, 15) is 4.79 Å². The summed E-state index contributed by atoms with van der Waals surface area (Å²) in [6, 6.07) is 2.25. The number of thiophene rings is 1. The summed E-state index contributed by atoms with van der Waals surface area (Å²) in [7, 11) is 0. The van der Waals surface area contributed by atoms with Crippen LogP contribution in [0.15, 0.2) is 9.85 Å². The minimum atomic E-state index is 0.0678. The van der Waals surface area contributed by atoms with E-state index in [-0.39, 0.29) is 5.91 Å². The van der Waals surface area contributed by atoms with E-state index in [1.54, 1.807) is 0 Å². The average molecular weight is 302 g/mol. The van der Waals surface area contributed by atoms with Gasteiger partial charge in [0.2, 0.25) is 0 Å². The highest BCUT2D eigenvalue weighted by Gasteiger charge is 2.25. The molecule has 1 aromatic rings. The van der Waals surface area contributed by atoms with Gasteiger partial charge >= 0.3 is 0 Å². The number of carbonyl (C=O) groups excluding carboxylic acids is 1. The number of rotatable bonds is 3. The van der Waals surface area contributed by atoms with Gasteiger partial charge in [0.1, 0.15) is 0 Å². The topological polar surface area (TPSA) is 29.1 Å². The lowest BCUT2D eigenvalue weighted by Gasteiger charge is -2.31. The van der Waals surface area contributed by atoms with Crippen molar-refractivity contribution in [3.05, 3.63) is 20.3 Å². The van der Waals surface area contributed by atoms with Crippen LogP contribution in [-0.4, -0.2) is 11.9 Å². The maximum atomic E-state index is 11.9.